The van der Waals surface area contributed by atoms with Crippen LogP contribution in [0.1, 0.15) is 35.7 Å². The van der Waals surface area contributed by atoms with E-state index in [1.54, 1.807) is 0 Å². The number of hydrogen-bond acceptors (Lipinski definition) is 4. The smallest absolute Gasteiger partial charge is 0.176 e. The normalized spacial score (nSPS) is 17.3. The lowest BCUT2D eigenvalue weighted by Gasteiger charge is -2.33. The van der Waals surface area contributed by atoms with Crippen molar-refractivity contribution in [3.8, 4) is 0 Å². The topological polar surface area (TPSA) is 43.8 Å². The zero-order chi connectivity index (χ0) is 15.2. The van der Waals surface area contributed by atoms with Gasteiger partial charge in [0.05, 0.1) is 13.2 Å². The second kappa shape index (κ2) is 7.69. The molecule has 21 heavy (non-hydrogen) atoms. The quantitative estimate of drug-likeness (QED) is 0.808. The molecule has 0 aliphatic carbocycles. The lowest BCUT2D eigenvalue weighted by Crippen LogP contribution is -2.48. The summed E-state index contributed by atoms with van der Waals surface area (Å²) in [4.78, 5) is 16.7. The second-order valence-corrected chi connectivity index (χ2v) is 6.04. The third-order valence-corrected chi connectivity index (χ3v) is 4.15. The average Bonchev–Trinajstić information content (AvgIpc) is 2.49. The van der Waals surface area contributed by atoms with Crippen LogP contribution in [-0.4, -0.2) is 66.6 Å². The van der Waals surface area contributed by atoms with E-state index < -0.39 is 0 Å². The van der Waals surface area contributed by atoms with Crippen LogP contribution < -0.4 is 0 Å². The highest BCUT2D eigenvalue weighted by Gasteiger charge is 2.19. The Balaban J connectivity index is 1.84. The Hall–Kier alpha value is -1.23. The van der Waals surface area contributed by atoms with Gasteiger partial charge in [-0.05, 0) is 11.5 Å². The second-order valence-electron chi connectivity index (χ2n) is 6.04. The molecule has 1 heterocycles. The van der Waals surface area contributed by atoms with E-state index in [1.807, 2.05) is 12.1 Å². The largest absolute Gasteiger partial charge is 0.395 e. The van der Waals surface area contributed by atoms with Crippen molar-refractivity contribution in [2.24, 2.45) is 0 Å². The third-order valence-electron chi connectivity index (χ3n) is 4.15. The molecule has 1 saturated heterocycles. The molecule has 0 bridgehead atoms. The number of carbonyl (C=O) groups excluding carboxylic acids is 1. The van der Waals surface area contributed by atoms with E-state index in [9.17, 15) is 4.79 Å². The van der Waals surface area contributed by atoms with Crippen LogP contribution in [0.5, 0.6) is 0 Å². The molecule has 1 aliphatic heterocycles. The van der Waals surface area contributed by atoms with Crippen LogP contribution in [0.4, 0.5) is 0 Å². The van der Waals surface area contributed by atoms with Crippen molar-refractivity contribution in [3.05, 3.63) is 35.4 Å². The van der Waals surface area contributed by atoms with Gasteiger partial charge in [-0.25, -0.2) is 0 Å². The first-order valence-corrected chi connectivity index (χ1v) is 7.79. The van der Waals surface area contributed by atoms with Crippen LogP contribution in [0.25, 0.3) is 0 Å². The Kier molecular flexibility index (Phi) is 5.91. The minimum Gasteiger partial charge on any atom is -0.395 e. The van der Waals surface area contributed by atoms with Crippen molar-refractivity contribution in [2.75, 3.05) is 45.9 Å². The molecule has 0 spiro atoms. The maximum atomic E-state index is 12.3. The summed E-state index contributed by atoms with van der Waals surface area (Å²) in [7, 11) is 0. The van der Waals surface area contributed by atoms with Crippen molar-refractivity contribution in [1.82, 2.24) is 9.80 Å². The van der Waals surface area contributed by atoms with Gasteiger partial charge in [-0.3, -0.25) is 14.6 Å². The van der Waals surface area contributed by atoms with Gasteiger partial charge in [0.2, 0.25) is 0 Å². The molecule has 1 aromatic rings. The van der Waals surface area contributed by atoms with E-state index in [0.29, 0.717) is 12.5 Å². The number of aliphatic hydroxyl groups is 1. The average molecular weight is 290 g/mol. The molecule has 0 atom stereocenters. The van der Waals surface area contributed by atoms with Crippen LogP contribution in [0.15, 0.2) is 24.3 Å². The zero-order valence-electron chi connectivity index (χ0n) is 13.1. The Morgan fingerprint density at radius 2 is 1.67 bits per heavy atom. The number of carbonyl (C=O) groups is 1. The highest BCUT2D eigenvalue weighted by Crippen LogP contribution is 2.15. The first-order chi connectivity index (χ1) is 10.1. The number of aliphatic hydroxyl groups excluding tert-OH is 1. The lowest BCUT2D eigenvalue weighted by atomic mass is 10.0. The highest BCUT2D eigenvalue weighted by molar-refractivity contribution is 5.97. The number of benzene rings is 1. The number of piperazine rings is 1. The standard InChI is InChI=1S/C17H26N2O2/c1-14(2)15-3-5-16(6-4-15)17(21)13-19-9-7-18(8-10-19)11-12-20/h3-6,14,20H,7-13H2,1-2H3. The zero-order valence-corrected chi connectivity index (χ0v) is 13.1. The summed E-state index contributed by atoms with van der Waals surface area (Å²) in [5.41, 5.74) is 2.07. The number of Topliss-reactive ketones (excluding diaryl/α,β-unsaturated/α-hetero) is 1. The molecule has 116 valence electrons. The molecule has 0 unspecified atom stereocenters. The highest BCUT2D eigenvalue weighted by atomic mass is 16.3. The van der Waals surface area contributed by atoms with Crippen molar-refractivity contribution < 1.29 is 9.90 Å². The first-order valence-electron chi connectivity index (χ1n) is 7.79. The number of hydrogen-bond donors (Lipinski definition) is 1. The Morgan fingerprint density at radius 3 is 2.19 bits per heavy atom. The van der Waals surface area contributed by atoms with E-state index in [0.717, 1.165) is 38.3 Å². The fourth-order valence-electron chi connectivity index (χ4n) is 2.66. The summed E-state index contributed by atoms with van der Waals surface area (Å²) in [6.45, 7) is 9.41. The molecule has 4 heteroatoms. The molecule has 0 radical (unpaired) electrons. The molecule has 0 aromatic heterocycles. The summed E-state index contributed by atoms with van der Waals surface area (Å²) in [6, 6.07) is 7.99. The molecule has 4 nitrogen and oxygen atoms in total. The maximum Gasteiger partial charge on any atom is 0.176 e. The number of ketones is 1. The summed E-state index contributed by atoms with van der Waals surface area (Å²) in [5, 5.41) is 8.93. The van der Waals surface area contributed by atoms with Gasteiger partial charge in [0.1, 0.15) is 0 Å². The van der Waals surface area contributed by atoms with E-state index in [4.69, 9.17) is 5.11 Å². The molecule has 1 aliphatic rings. The molecule has 1 aromatic carbocycles. The maximum absolute atomic E-state index is 12.3. The van der Waals surface area contributed by atoms with Crippen LogP contribution in [0, 0.1) is 0 Å². The number of β-amino-alcohol motifs (C(OH)–C–C–N with tert-alkyl or cyclic N) is 1. The number of rotatable bonds is 6. The van der Waals surface area contributed by atoms with Gasteiger partial charge in [0, 0.05) is 38.3 Å². The van der Waals surface area contributed by atoms with Crippen LogP contribution >= 0.6 is 0 Å². The summed E-state index contributed by atoms with van der Waals surface area (Å²) in [5.74, 6) is 0.690. The van der Waals surface area contributed by atoms with Crippen LogP contribution in [-0.2, 0) is 0 Å². The molecule has 1 N–H and O–H groups in total. The molecule has 0 amide bonds. The van der Waals surface area contributed by atoms with Crippen molar-refractivity contribution >= 4 is 5.78 Å². The van der Waals surface area contributed by atoms with Gasteiger partial charge in [-0.15, -0.1) is 0 Å². The SMILES string of the molecule is CC(C)c1ccc(C(=O)CN2CCN(CCO)CC2)cc1. The van der Waals surface area contributed by atoms with Gasteiger partial charge in [0.25, 0.3) is 0 Å². The lowest BCUT2D eigenvalue weighted by molar-refractivity contribution is 0.0822. The monoisotopic (exact) mass is 290 g/mol. The fraction of sp³-hybridized carbons (Fsp3) is 0.588. The summed E-state index contributed by atoms with van der Waals surface area (Å²) >= 11 is 0. The Morgan fingerprint density at radius 1 is 1.10 bits per heavy atom. The molecule has 2 rings (SSSR count). The van der Waals surface area contributed by atoms with Crippen molar-refractivity contribution in [2.45, 2.75) is 19.8 Å². The summed E-state index contributed by atoms with van der Waals surface area (Å²) in [6.07, 6.45) is 0. The van der Waals surface area contributed by atoms with Gasteiger partial charge in [0.15, 0.2) is 5.78 Å². The van der Waals surface area contributed by atoms with E-state index in [2.05, 4.69) is 35.8 Å². The van der Waals surface area contributed by atoms with E-state index >= 15 is 0 Å². The minimum atomic E-state index is 0.195. The third kappa shape index (κ3) is 4.63. The van der Waals surface area contributed by atoms with Gasteiger partial charge in [-0.2, -0.15) is 0 Å². The van der Waals surface area contributed by atoms with Crippen molar-refractivity contribution in [1.29, 1.82) is 0 Å². The first kappa shape index (κ1) is 16.1. The predicted molar refractivity (Wildman–Crippen MR) is 84.8 cm³/mol. The summed E-state index contributed by atoms with van der Waals surface area (Å²) < 4.78 is 0. The Bertz CT molecular complexity index is 448. The Labute approximate surface area is 127 Å². The van der Waals surface area contributed by atoms with E-state index in [-0.39, 0.29) is 12.4 Å². The van der Waals surface area contributed by atoms with Crippen LogP contribution in [0.3, 0.4) is 0 Å². The van der Waals surface area contributed by atoms with E-state index in [1.165, 1.54) is 5.56 Å². The van der Waals surface area contributed by atoms with Gasteiger partial charge < -0.3 is 5.11 Å². The molecular formula is C17H26N2O2. The molecular weight excluding hydrogens is 264 g/mol. The van der Waals surface area contributed by atoms with Crippen LogP contribution in [0.2, 0.25) is 0 Å². The van der Waals surface area contributed by atoms with Gasteiger partial charge in [-0.1, -0.05) is 38.1 Å². The fourth-order valence-corrected chi connectivity index (χ4v) is 2.66. The predicted octanol–water partition coefficient (Wildman–Crippen LogP) is 1.60. The number of nitrogens with zero attached hydrogens (tertiary/aromatic N) is 2. The minimum absolute atomic E-state index is 0.195. The van der Waals surface area contributed by atoms with Crippen molar-refractivity contribution in [3.63, 3.8) is 0 Å². The molecule has 0 saturated carbocycles. The van der Waals surface area contributed by atoms with Gasteiger partial charge >= 0.3 is 0 Å². The molecule has 1 fully saturated rings.